The topological polar surface area (TPSA) is 4.93 Å². The summed E-state index contributed by atoms with van der Waals surface area (Å²) in [7, 11) is 0. The van der Waals surface area contributed by atoms with Crippen LogP contribution in [0.4, 0.5) is 0 Å². The third-order valence-corrected chi connectivity index (χ3v) is 2.91. The Morgan fingerprint density at radius 2 is 1.73 bits per heavy atom. The Balaban J connectivity index is 2.04. The number of allylic oxidation sites excluding steroid dienone is 4. The number of hydrogen-bond donors (Lipinski definition) is 0. The van der Waals surface area contributed by atoms with Crippen LogP contribution in [0, 0.1) is 0 Å². The highest BCUT2D eigenvalue weighted by atomic mass is 15.0. The van der Waals surface area contributed by atoms with Crippen molar-refractivity contribution < 1.29 is 0 Å². The van der Waals surface area contributed by atoms with E-state index in [0.717, 1.165) is 6.42 Å². The Bertz CT molecular complexity index is 498. The molecule has 0 saturated heterocycles. The molecule has 3 rings (SSSR count). The first-order valence-electron chi connectivity index (χ1n) is 5.33. The van der Waals surface area contributed by atoms with Crippen LogP contribution in [-0.4, -0.2) is 4.57 Å². The summed E-state index contributed by atoms with van der Waals surface area (Å²) < 4.78 is 2.30. The molecule has 0 saturated carbocycles. The average molecular weight is 195 g/mol. The summed E-state index contributed by atoms with van der Waals surface area (Å²) in [6.07, 6.45) is 14.2. The standard InChI is InChI=1S/C14H13N/c1-2-8-14(9-3-1)15-10-12-6-4-5-7-13(12)11-15/h1-8,10-11,14H,9H2. The minimum Gasteiger partial charge on any atom is -0.346 e. The fourth-order valence-electron chi connectivity index (χ4n) is 2.08. The molecule has 1 unspecified atom stereocenters. The van der Waals surface area contributed by atoms with Gasteiger partial charge in [-0.1, -0.05) is 48.6 Å². The summed E-state index contributed by atoms with van der Waals surface area (Å²) in [5.74, 6) is 0. The summed E-state index contributed by atoms with van der Waals surface area (Å²) in [4.78, 5) is 0. The van der Waals surface area contributed by atoms with Gasteiger partial charge in [0.15, 0.2) is 0 Å². The lowest BCUT2D eigenvalue weighted by Crippen LogP contribution is -2.03. The fourth-order valence-corrected chi connectivity index (χ4v) is 2.08. The minimum atomic E-state index is 0.488. The smallest absolute Gasteiger partial charge is 0.0548 e. The molecule has 1 nitrogen and oxygen atoms in total. The molecule has 74 valence electrons. The average Bonchev–Trinajstić information content (AvgIpc) is 2.74. The van der Waals surface area contributed by atoms with Crippen molar-refractivity contribution in [1.82, 2.24) is 4.57 Å². The molecule has 2 aromatic rings. The number of rotatable bonds is 1. The Kier molecular flexibility index (Phi) is 1.95. The zero-order valence-corrected chi connectivity index (χ0v) is 8.51. The van der Waals surface area contributed by atoms with Gasteiger partial charge in [-0.2, -0.15) is 0 Å². The predicted octanol–water partition coefficient (Wildman–Crippen LogP) is 3.70. The molecular weight excluding hydrogens is 182 g/mol. The van der Waals surface area contributed by atoms with Gasteiger partial charge in [-0.15, -0.1) is 0 Å². The molecule has 1 aromatic heterocycles. The summed E-state index contributed by atoms with van der Waals surface area (Å²) in [6, 6.07) is 8.98. The molecule has 0 fully saturated rings. The maximum Gasteiger partial charge on any atom is 0.0548 e. The second kappa shape index (κ2) is 3.43. The summed E-state index contributed by atoms with van der Waals surface area (Å²) in [6.45, 7) is 0. The van der Waals surface area contributed by atoms with E-state index in [1.807, 2.05) is 0 Å². The second-order valence-corrected chi connectivity index (χ2v) is 3.95. The molecule has 0 amide bonds. The van der Waals surface area contributed by atoms with Crippen LogP contribution in [0.15, 0.2) is 61.0 Å². The van der Waals surface area contributed by atoms with Crippen LogP contribution in [0.5, 0.6) is 0 Å². The lowest BCUT2D eigenvalue weighted by molar-refractivity contribution is 0.613. The zero-order valence-electron chi connectivity index (χ0n) is 8.51. The van der Waals surface area contributed by atoms with Crippen LogP contribution in [-0.2, 0) is 0 Å². The van der Waals surface area contributed by atoms with Gasteiger partial charge in [0.25, 0.3) is 0 Å². The van der Waals surface area contributed by atoms with Gasteiger partial charge in [-0.25, -0.2) is 0 Å². The van der Waals surface area contributed by atoms with Crippen LogP contribution in [0.25, 0.3) is 10.8 Å². The summed E-state index contributed by atoms with van der Waals surface area (Å²) in [5, 5.41) is 2.64. The normalized spacial score (nSPS) is 19.9. The Labute approximate surface area is 89.3 Å². The highest BCUT2D eigenvalue weighted by Crippen LogP contribution is 2.23. The number of aromatic nitrogens is 1. The van der Waals surface area contributed by atoms with Gasteiger partial charge in [0, 0.05) is 12.4 Å². The SMILES string of the molecule is C1=CCC(n2cc3ccccc3c2)C=C1. The number of nitrogens with zero attached hydrogens (tertiary/aromatic N) is 1. The van der Waals surface area contributed by atoms with Crippen LogP contribution in [0.1, 0.15) is 12.5 Å². The van der Waals surface area contributed by atoms with Crippen LogP contribution >= 0.6 is 0 Å². The molecule has 0 spiro atoms. The largest absolute Gasteiger partial charge is 0.346 e. The van der Waals surface area contributed by atoms with Gasteiger partial charge in [-0.3, -0.25) is 0 Å². The van der Waals surface area contributed by atoms with Gasteiger partial charge >= 0.3 is 0 Å². The first-order chi connectivity index (χ1) is 7.43. The van der Waals surface area contributed by atoms with Gasteiger partial charge in [0.1, 0.15) is 0 Å². The third kappa shape index (κ3) is 1.50. The van der Waals surface area contributed by atoms with Gasteiger partial charge < -0.3 is 4.57 Å². The molecule has 1 aromatic carbocycles. The first kappa shape index (κ1) is 8.54. The van der Waals surface area contributed by atoms with Crippen molar-refractivity contribution >= 4 is 10.8 Å². The van der Waals surface area contributed by atoms with E-state index in [4.69, 9.17) is 0 Å². The molecule has 1 heteroatoms. The predicted molar refractivity (Wildman–Crippen MR) is 63.9 cm³/mol. The maximum absolute atomic E-state index is 2.30. The van der Waals surface area contributed by atoms with E-state index in [9.17, 15) is 0 Å². The van der Waals surface area contributed by atoms with Crippen molar-refractivity contribution in [2.75, 3.05) is 0 Å². The van der Waals surface area contributed by atoms with E-state index < -0.39 is 0 Å². The van der Waals surface area contributed by atoms with Crippen molar-refractivity contribution in [1.29, 1.82) is 0 Å². The molecule has 1 atom stereocenters. The van der Waals surface area contributed by atoms with Gasteiger partial charge in [0.2, 0.25) is 0 Å². The fraction of sp³-hybridized carbons (Fsp3) is 0.143. The van der Waals surface area contributed by atoms with Crippen molar-refractivity contribution in [2.24, 2.45) is 0 Å². The summed E-state index contributed by atoms with van der Waals surface area (Å²) >= 11 is 0. The Hall–Kier alpha value is -1.76. The number of hydrogen-bond acceptors (Lipinski definition) is 0. The number of benzene rings is 1. The van der Waals surface area contributed by atoms with Crippen molar-refractivity contribution in [2.45, 2.75) is 12.5 Å². The van der Waals surface area contributed by atoms with Crippen LogP contribution in [0.2, 0.25) is 0 Å². The monoisotopic (exact) mass is 195 g/mol. The highest BCUT2D eigenvalue weighted by Gasteiger charge is 2.07. The molecule has 0 N–H and O–H groups in total. The molecule has 1 heterocycles. The van der Waals surface area contributed by atoms with E-state index in [0.29, 0.717) is 6.04 Å². The van der Waals surface area contributed by atoms with E-state index in [1.165, 1.54) is 10.8 Å². The van der Waals surface area contributed by atoms with Crippen LogP contribution < -0.4 is 0 Å². The quantitative estimate of drug-likeness (QED) is 0.654. The molecular formula is C14H13N. The maximum atomic E-state index is 2.30. The van der Waals surface area contributed by atoms with Gasteiger partial charge in [0.05, 0.1) is 6.04 Å². The Morgan fingerprint density at radius 3 is 2.33 bits per heavy atom. The van der Waals surface area contributed by atoms with Crippen LogP contribution in [0.3, 0.4) is 0 Å². The molecule has 0 bridgehead atoms. The minimum absolute atomic E-state index is 0.488. The van der Waals surface area contributed by atoms with E-state index in [2.05, 4.69) is 65.5 Å². The Morgan fingerprint density at radius 1 is 1.00 bits per heavy atom. The number of fused-ring (bicyclic) bond motifs is 1. The zero-order chi connectivity index (χ0) is 10.1. The van der Waals surface area contributed by atoms with Gasteiger partial charge in [-0.05, 0) is 17.2 Å². The first-order valence-corrected chi connectivity index (χ1v) is 5.33. The van der Waals surface area contributed by atoms with Crippen molar-refractivity contribution in [3.63, 3.8) is 0 Å². The van der Waals surface area contributed by atoms with Crippen molar-refractivity contribution in [3.05, 3.63) is 61.0 Å². The molecule has 0 radical (unpaired) electrons. The lowest BCUT2D eigenvalue weighted by Gasteiger charge is -2.14. The third-order valence-electron chi connectivity index (χ3n) is 2.91. The van der Waals surface area contributed by atoms with E-state index >= 15 is 0 Å². The molecule has 1 aliphatic carbocycles. The lowest BCUT2D eigenvalue weighted by atomic mass is 10.1. The highest BCUT2D eigenvalue weighted by molar-refractivity contribution is 5.82. The summed E-state index contributed by atoms with van der Waals surface area (Å²) in [5.41, 5.74) is 0. The molecule has 0 aliphatic heterocycles. The van der Waals surface area contributed by atoms with E-state index in [-0.39, 0.29) is 0 Å². The second-order valence-electron chi connectivity index (χ2n) is 3.95. The van der Waals surface area contributed by atoms with Crippen molar-refractivity contribution in [3.8, 4) is 0 Å². The van der Waals surface area contributed by atoms with E-state index in [1.54, 1.807) is 0 Å². The molecule has 15 heavy (non-hydrogen) atoms. The molecule has 1 aliphatic rings.